The number of allylic oxidation sites excluding steroid dienone is 2. The van der Waals surface area contributed by atoms with Crippen LogP contribution < -0.4 is 0 Å². The number of aromatic nitrogens is 1. The first-order chi connectivity index (χ1) is 12.2. The second-order valence-corrected chi connectivity index (χ2v) is 8.48. The molecule has 4 aliphatic rings. The van der Waals surface area contributed by atoms with Gasteiger partial charge in [0.2, 0.25) is 0 Å². The van der Waals surface area contributed by atoms with E-state index >= 15 is 0 Å². The topological polar surface area (TPSA) is 28.6 Å². The van der Waals surface area contributed by atoms with Gasteiger partial charge in [0.05, 0.1) is 24.4 Å². The predicted molar refractivity (Wildman–Crippen MR) is 98.2 cm³/mol. The molecule has 1 aromatic heterocycles. The van der Waals surface area contributed by atoms with E-state index in [-0.39, 0.29) is 0 Å². The number of likely N-dealkylation sites (tertiary alicyclic amines) is 1. The maximum atomic E-state index is 6.13. The molecule has 5 atom stereocenters. The molecule has 0 radical (unpaired) electrons. The van der Waals surface area contributed by atoms with Crippen molar-refractivity contribution in [2.45, 2.75) is 38.5 Å². The Morgan fingerprint density at radius 1 is 1.20 bits per heavy atom. The number of rotatable bonds is 4. The van der Waals surface area contributed by atoms with Crippen LogP contribution in [0.3, 0.4) is 0 Å². The molecule has 3 fully saturated rings. The molecule has 2 bridgehead atoms. The van der Waals surface area contributed by atoms with Crippen molar-refractivity contribution in [2.24, 2.45) is 17.8 Å². The summed E-state index contributed by atoms with van der Waals surface area (Å²) in [6.45, 7) is 8.45. The molecule has 0 aromatic carbocycles. The lowest BCUT2D eigenvalue weighted by atomic mass is 9.93. The highest BCUT2D eigenvalue weighted by Gasteiger charge is 2.43. The Bertz CT molecular complexity index is 660. The Kier molecular flexibility index (Phi) is 4.15. The fraction of sp³-hybridized carbons (Fsp3) is 0.667. The van der Waals surface area contributed by atoms with Gasteiger partial charge in [0.25, 0.3) is 0 Å². The fourth-order valence-electron chi connectivity index (χ4n) is 5.51. The number of hydrogen-bond acceptors (Lipinski definition) is 4. The third-order valence-electron chi connectivity index (χ3n) is 6.71. The second-order valence-electron chi connectivity index (χ2n) is 8.48. The van der Waals surface area contributed by atoms with Gasteiger partial charge in [-0.05, 0) is 49.7 Å². The average molecular weight is 339 g/mol. The van der Waals surface area contributed by atoms with Gasteiger partial charge >= 0.3 is 0 Å². The van der Waals surface area contributed by atoms with Crippen LogP contribution in [0.25, 0.3) is 0 Å². The van der Waals surface area contributed by atoms with Crippen LogP contribution >= 0.6 is 0 Å². The average Bonchev–Trinajstić information content (AvgIpc) is 3.30. The highest BCUT2D eigenvalue weighted by molar-refractivity contribution is 5.12. The number of ether oxygens (including phenoxy) is 1. The number of pyridine rings is 1. The molecule has 4 nitrogen and oxygen atoms in total. The number of nitrogens with zero attached hydrogens (tertiary/aromatic N) is 3. The molecular weight excluding hydrogens is 310 g/mol. The highest BCUT2D eigenvalue weighted by atomic mass is 16.5. The van der Waals surface area contributed by atoms with Crippen molar-refractivity contribution < 1.29 is 4.74 Å². The van der Waals surface area contributed by atoms with Crippen molar-refractivity contribution in [1.82, 2.24) is 14.8 Å². The number of hydrogen-bond donors (Lipinski definition) is 0. The van der Waals surface area contributed by atoms with E-state index in [0.29, 0.717) is 12.1 Å². The standard InChI is InChI=1S/C21H29N3O/c1-15-3-2-4-19(22-15)12-24-7-8-25-21-14-23(13-20(21)24)11-18-10-16-5-6-17(18)9-16/h2-6,16-18,20-21H,7-14H2,1H3/t16?,17?,18?,20-,21-/m0/s1. The zero-order valence-corrected chi connectivity index (χ0v) is 15.2. The highest BCUT2D eigenvalue weighted by Crippen LogP contribution is 2.44. The Balaban J connectivity index is 1.23. The van der Waals surface area contributed by atoms with Gasteiger partial charge in [-0.25, -0.2) is 0 Å². The molecule has 2 aliphatic heterocycles. The van der Waals surface area contributed by atoms with E-state index in [4.69, 9.17) is 9.72 Å². The minimum atomic E-state index is 0.382. The lowest BCUT2D eigenvalue weighted by Crippen LogP contribution is -2.50. The zero-order valence-electron chi connectivity index (χ0n) is 15.2. The van der Waals surface area contributed by atoms with Gasteiger partial charge < -0.3 is 4.74 Å². The van der Waals surface area contributed by atoms with Crippen molar-refractivity contribution in [3.05, 3.63) is 41.7 Å². The Labute approximate surface area is 150 Å². The second kappa shape index (κ2) is 6.49. The molecule has 0 N–H and O–H groups in total. The third kappa shape index (κ3) is 3.16. The van der Waals surface area contributed by atoms with E-state index in [0.717, 1.165) is 56.2 Å². The summed E-state index contributed by atoms with van der Waals surface area (Å²) in [6, 6.07) is 6.89. The van der Waals surface area contributed by atoms with Crippen LogP contribution in [0.15, 0.2) is 30.4 Å². The van der Waals surface area contributed by atoms with Crippen LogP contribution in [0, 0.1) is 24.7 Å². The molecule has 4 heteroatoms. The summed E-state index contributed by atoms with van der Waals surface area (Å²) in [4.78, 5) is 9.99. The molecule has 25 heavy (non-hydrogen) atoms. The summed E-state index contributed by atoms with van der Waals surface area (Å²) in [5.74, 6) is 2.60. The molecule has 5 rings (SSSR count). The molecule has 2 aliphatic carbocycles. The van der Waals surface area contributed by atoms with E-state index in [9.17, 15) is 0 Å². The van der Waals surface area contributed by atoms with Gasteiger partial charge in [0.1, 0.15) is 0 Å². The maximum Gasteiger partial charge on any atom is 0.0870 e. The summed E-state index contributed by atoms with van der Waals surface area (Å²) in [7, 11) is 0. The lowest BCUT2D eigenvalue weighted by Gasteiger charge is -2.36. The number of aryl methyl sites for hydroxylation is 1. The monoisotopic (exact) mass is 339 g/mol. The van der Waals surface area contributed by atoms with Crippen LogP contribution in [0.1, 0.15) is 24.2 Å². The molecular formula is C21H29N3O. The summed E-state index contributed by atoms with van der Waals surface area (Å²) in [6.07, 6.45) is 8.13. The van der Waals surface area contributed by atoms with Gasteiger partial charge in [-0.3, -0.25) is 14.8 Å². The minimum absolute atomic E-state index is 0.382. The zero-order chi connectivity index (χ0) is 16.8. The van der Waals surface area contributed by atoms with Gasteiger partial charge in [0.15, 0.2) is 0 Å². The van der Waals surface area contributed by atoms with Crippen LogP contribution in [0.2, 0.25) is 0 Å². The first kappa shape index (κ1) is 16.0. The van der Waals surface area contributed by atoms with Gasteiger partial charge in [-0.15, -0.1) is 0 Å². The quantitative estimate of drug-likeness (QED) is 0.788. The molecule has 3 unspecified atom stereocenters. The Morgan fingerprint density at radius 2 is 2.16 bits per heavy atom. The van der Waals surface area contributed by atoms with Crippen LogP contribution in [-0.4, -0.2) is 59.7 Å². The molecule has 0 spiro atoms. The van der Waals surface area contributed by atoms with Crippen molar-refractivity contribution in [2.75, 3.05) is 32.8 Å². The summed E-state index contributed by atoms with van der Waals surface area (Å²) in [5.41, 5.74) is 2.30. The third-order valence-corrected chi connectivity index (χ3v) is 6.71. The van der Waals surface area contributed by atoms with E-state index in [2.05, 4.69) is 47.1 Å². The first-order valence-electron chi connectivity index (χ1n) is 9.93. The molecule has 0 amide bonds. The van der Waals surface area contributed by atoms with Crippen LogP contribution in [0.4, 0.5) is 0 Å². The summed E-state index contributed by atoms with van der Waals surface area (Å²) >= 11 is 0. The molecule has 2 saturated heterocycles. The summed E-state index contributed by atoms with van der Waals surface area (Å²) < 4.78 is 6.13. The van der Waals surface area contributed by atoms with Crippen molar-refractivity contribution in [1.29, 1.82) is 0 Å². The minimum Gasteiger partial charge on any atom is -0.374 e. The predicted octanol–water partition coefficient (Wildman–Crippen LogP) is 2.49. The normalized spacial score (nSPS) is 37.7. The molecule has 1 aromatic rings. The van der Waals surface area contributed by atoms with E-state index in [1.807, 2.05) is 0 Å². The lowest BCUT2D eigenvalue weighted by molar-refractivity contribution is -0.0508. The van der Waals surface area contributed by atoms with E-state index in [1.54, 1.807) is 0 Å². The molecule has 3 heterocycles. The molecule has 134 valence electrons. The maximum absolute atomic E-state index is 6.13. The van der Waals surface area contributed by atoms with E-state index < -0.39 is 0 Å². The largest absolute Gasteiger partial charge is 0.374 e. The summed E-state index contributed by atoms with van der Waals surface area (Å²) in [5, 5.41) is 0. The van der Waals surface area contributed by atoms with Crippen molar-refractivity contribution >= 4 is 0 Å². The van der Waals surface area contributed by atoms with Crippen LogP contribution in [0.5, 0.6) is 0 Å². The fourth-order valence-corrected chi connectivity index (χ4v) is 5.51. The Hall–Kier alpha value is -1.23. The molecule has 1 saturated carbocycles. The SMILES string of the molecule is Cc1cccc(CN2CCO[C@H]3CN(CC4CC5C=CC4C5)C[C@@H]32)n1. The van der Waals surface area contributed by atoms with Crippen molar-refractivity contribution in [3.8, 4) is 0 Å². The van der Waals surface area contributed by atoms with Gasteiger partial charge in [0, 0.05) is 38.4 Å². The van der Waals surface area contributed by atoms with Crippen molar-refractivity contribution in [3.63, 3.8) is 0 Å². The van der Waals surface area contributed by atoms with Crippen LogP contribution in [-0.2, 0) is 11.3 Å². The Morgan fingerprint density at radius 3 is 2.96 bits per heavy atom. The first-order valence-corrected chi connectivity index (χ1v) is 9.93. The smallest absolute Gasteiger partial charge is 0.0870 e. The van der Waals surface area contributed by atoms with Gasteiger partial charge in [-0.2, -0.15) is 0 Å². The van der Waals surface area contributed by atoms with E-state index in [1.165, 1.54) is 25.1 Å². The number of fused-ring (bicyclic) bond motifs is 3. The van der Waals surface area contributed by atoms with Gasteiger partial charge in [-0.1, -0.05) is 18.2 Å². The number of morpholine rings is 1.